The number of carbonyl (C=O) groups excluding carboxylic acids is 1. The molecule has 0 bridgehead atoms. The number of ether oxygens (including phenoxy) is 2. The highest BCUT2D eigenvalue weighted by Crippen LogP contribution is 2.33. The molecule has 2 aromatic heterocycles. The molecular weight excluding hydrogens is 426 g/mol. The third-order valence-electron chi connectivity index (χ3n) is 4.98. The monoisotopic (exact) mass is 449 g/mol. The Morgan fingerprint density at radius 1 is 1.12 bits per heavy atom. The highest BCUT2D eigenvalue weighted by Gasteiger charge is 2.14. The molecule has 0 aliphatic carbocycles. The van der Waals surface area contributed by atoms with Gasteiger partial charge in [-0.25, -0.2) is 14.6 Å². The molecule has 164 valence electrons. The largest absolute Gasteiger partial charge is 0.493 e. The third-order valence-corrected chi connectivity index (χ3v) is 5.92. The molecule has 1 amide bonds. The van der Waals surface area contributed by atoms with Gasteiger partial charge in [-0.3, -0.25) is 4.79 Å². The fraction of sp³-hybridized carbons (Fsp3) is 0.217. The van der Waals surface area contributed by atoms with Crippen LogP contribution < -0.4 is 14.8 Å². The van der Waals surface area contributed by atoms with Gasteiger partial charge in [0.05, 0.1) is 38.1 Å². The first kappa shape index (κ1) is 21.5. The zero-order valence-electron chi connectivity index (χ0n) is 18.0. The fourth-order valence-electron chi connectivity index (χ4n) is 3.29. The molecule has 0 aliphatic heterocycles. The summed E-state index contributed by atoms with van der Waals surface area (Å²) in [6, 6.07) is 13.4. The minimum atomic E-state index is -0.128. The first-order valence-corrected chi connectivity index (χ1v) is 10.9. The van der Waals surface area contributed by atoms with E-state index in [9.17, 15) is 4.79 Å². The van der Waals surface area contributed by atoms with E-state index in [0.717, 1.165) is 27.5 Å². The Morgan fingerprint density at radius 3 is 2.59 bits per heavy atom. The van der Waals surface area contributed by atoms with Gasteiger partial charge >= 0.3 is 0 Å². The van der Waals surface area contributed by atoms with Crippen LogP contribution in [-0.4, -0.2) is 39.9 Å². The van der Waals surface area contributed by atoms with Crippen LogP contribution in [0.25, 0.3) is 16.3 Å². The van der Waals surface area contributed by atoms with Crippen molar-refractivity contribution >= 4 is 17.2 Å². The maximum absolute atomic E-state index is 12.6. The smallest absolute Gasteiger partial charge is 0.226 e. The van der Waals surface area contributed by atoms with E-state index in [4.69, 9.17) is 9.47 Å². The zero-order valence-corrected chi connectivity index (χ0v) is 18.8. The number of rotatable bonds is 8. The van der Waals surface area contributed by atoms with Gasteiger partial charge in [0.15, 0.2) is 11.5 Å². The molecule has 8 nitrogen and oxygen atoms in total. The molecule has 0 spiro atoms. The van der Waals surface area contributed by atoms with Crippen LogP contribution >= 0.6 is 11.3 Å². The predicted octanol–water partition coefficient (Wildman–Crippen LogP) is 3.83. The van der Waals surface area contributed by atoms with Crippen molar-refractivity contribution in [1.82, 2.24) is 25.1 Å². The van der Waals surface area contributed by atoms with Gasteiger partial charge in [-0.05, 0) is 42.8 Å². The number of amides is 1. The lowest BCUT2D eigenvalue weighted by Gasteiger charge is -2.14. The highest BCUT2D eigenvalue weighted by atomic mass is 32.1. The van der Waals surface area contributed by atoms with Crippen LogP contribution in [0.4, 0.5) is 0 Å². The average Bonchev–Trinajstić information content (AvgIpc) is 3.51. The van der Waals surface area contributed by atoms with E-state index in [1.807, 2.05) is 54.8 Å². The zero-order chi connectivity index (χ0) is 22.5. The lowest BCUT2D eigenvalue weighted by molar-refractivity contribution is -0.121. The number of methoxy groups -OCH3 is 2. The molecular formula is C23H23N5O3S. The maximum Gasteiger partial charge on any atom is 0.226 e. The Kier molecular flexibility index (Phi) is 6.46. The number of thiazole rings is 1. The van der Waals surface area contributed by atoms with Gasteiger partial charge in [0.1, 0.15) is 17.7 Å². The number of nitrogens with one attached hydrogen (secondary N) is 1. The molecule has 0 saturated carbocycles. The summed E-state index contributed by atoms with van der Waals surface area (Å²) in [6.45, 7) is 1.96. The summed E-state index contributed by atoms with van der Waals surface area (Å²) in [5.41, 5.74) is 3.56. The van der Waals surface area contributed by atoms with Crippen molar-refractivity contribution in [1.29, 1.82) is 0 Å². The van der Waals surface area contributed by atoms with Crippen molar-refractivity contribution in [3.05, 3.63) is 71.8 Å². The highest BCUT2D eigenvalue weighted by molar-refractivity contribution is 7.13. The Hall–Kier alpha value is -3.72. The molecule has 2 heterocycles. The van der Waals surface area contributed by atoms with Gasteiger partial charge in [0.2, 0.25) is 5.91 Å². The van der Waals surface area contributed by atoms with Gasteiger partial charge in [0, 0.05) is 10.9 Å². The lowest BCUT2D eigenvalue weighted by Crippen LogP contribution is -2.28. The third kappa shape index (κ3) is 4.78. The molecule has 0 aliphatic rings. The van der Waals surface area contributed by atoms with Gasteiger partial charge in [-0.1, -0.05) is 12.1 Å². The molecule has 32 heavy (non-hydrogen) atoms. The number of carbonyl (C=O) groups is 1. The van der Waals surface area contributed by atoms with Crippen molar-refractivity contribution in [2.45, 2.75) is 19.4 Å². The van der Waals surface area contributed by atoms with Crippen LogP contribution in [0, 0.1) is 0 Å². The number of benzene rings is 2. The SMILES string of the molecule is COc1ccc(-c2nc(CC(=O)N[C@@H](C)c3ccc(-n4cncn4)cc3)cs2)cc1OC. The molecule has 0 saturated heterocycles. The summed E-state index contributed by atoms with van der Waals surface area (Å²) in [4.78, 5) is 21.1. The van der Waals surface area contributed by atoms with Crippen LogP contribution in [0.3, 0.4) is 0 Å². The summed E-state index contributed by atoms with van der Waals surface area (Å²) in [5.74, 6) is 1.22. The van der Waals surface area contributed by atoms with Crippen LogP contribution in [0.1, 0.15) is 24.2 Å². The first-order valence-electron chi connectivity index (χ1n) is 9.98. The van der Waals surface area contributed by atoms with E-state index in [-0.39, 0.29) is 18.4 Å². The second-order valence-corrected chi connectivity index (χ2v) is 7.97. The summed E-state index contributed by atoms with van der Waals surface area (Å²) in [6.07, 6.45) is 3.35. The van der Waals surface area contributed by atoms with Crippen molar-refractivity contribution in [2.75, 3.05) is 14.2 Å². The van der Waals surface area contributed by atoms with Crippen LogP contribution in [0.2, 0.25) is 0 Å². The van der Waals surface area contributed by atoms with Gasteiger partial charge in [-0.2, -0.15) is 5.10 Å². The second-order valence-electron chi connectivity index (χ2n) is 7.11. The quantitative estimate of drug-likeness (QED) is 0.440. The topological polar surface area (TPSA) is 91.2 Å². The molecule has 0 fully saturated rings. The van der Waals surface area contributed by atoms with Crippen LogP contribution in [-0.2, 0) is 11.2 Å². The lowest BCUT2D eigenvalue weighted by atomic mass is 10.1. The molecule has 4 aromatic rings. The Balaban J connectivity index is 1.38. The number of hydrogen-bond acceptors (Lipinski definition) is 7. The maximum atomic E-state index is 12.6. The Labute approximate surface area is 189 Å². The first-order chi connectivity index (χ1) is 15.6. The number of nitrogens with zero attached hydrogens (tertiary/aromatic N) is 4. The van der Waals surface area contributed by atoms with E-state index >= 15 is 0 Å². The van der Waals surface area contributed by atoms with Crippen molar-refractivity contribution in [2.24, 2.45) is 0 Å². The van der Waals surface area contributed by atoms with E-state index in [0.29, 0.717) is 11.5 Å². The molecule has 1 atom stereocenters. The average molecular weight is 450 g/mol. The molecule has 9 heteroatoms. The van der Waals surface area contributed by atoms with Gasteiger partial charge in [0.25, 0.3) is 0 Å². The van der Waals surface area contributed by atoms with Gasteiger partial charge < -0.3 is 14.8 Å². The molecule has 0 unspecified atom stereocenters. The van der Waals surface area contributed by atoms with Crippen molar-refractivity contribution in [3.63, 3.8) is 0 Å². The van der Waals surface area contributed by atoms with Crippen molar-refractivity contribution < 1.29 is 14.3 Å². The Bertz CT molecular complexity index is 1190. The molecule has 0 radical (unpaired) electrons. The van der Waals surface area contributed by atoms with Crippen molar-refractivity contribution in [3.8, 4) is 27.8 Å². The van der Waals surface area contributed by atoms with Crippen LogP contribution in [0.5, 0.6) is 11.5 Å². The number of aromatic nitrogens is 4. The standard InChI is InChI=1S/C23H23N5O3S/c1-15(16-4-7-19(8-5-16)28-14-24-13-25-28)26-22(29)11-18-12-32-23(27-18)17-6-9-20(30-2)21(10-17)31-3/h4-10,12-15H,11H2,1-3H3,(H,26,29)/t15-/m0/s1. The van der Waals surface area contributed by atoms with Crippen LogP contribution in [0.15, 0.2) is 60.5 Å². The summed E-state index contributed by atoms with van der Waals surface area (Å²) in [5, 5.41) is 9.88. The minimum Gasteiger partial charge on any atom is -0.493 e. The van der Waals surface area contributed by atoms with E-state index in [2.05, 4.69) is 20.4 Å². The Morgan fingerprint density at radius 2 is 1.91 bits per heavy atom. The minimum absolute atomic E-state index is 0.0815. The predicted molar refractivity (Wildman–Crippen MR) is 122 cm³/mol. The molecule has 2 aromatic carbocycles. The molecule has 4 rings (SSSR count). The van der Waals surface area contributed by atoms with E-state index < -0.39 is 0 Å². The van der Waals surface area contributed by atoms with E-state index in [1.165, 1.54) is 17.7 Å². The number of hydrogen-bond donors (Lipinski definition) is 1. The summed E-state index contributed by atoms with van der Waals surface area (Å²) >= 11 is 1.49. The fourth-order valence-corrected chi connectivity index (χ4v) is 4.10. The molecule has 1 N–H and O–H groups in total. The van der Waals surface area contributed by atoms with E-state index in [1.54, 1.807) is 25.2 Å². The summed E-state index contributed by atoms with van der Waals surface area (Å²) in [7, 11) is 3.20. The second kappa shape index (κ2) is 9.61. The van der Waals surface area contributed by atoms with Gasteiger partial charge in [-0.15, -0.1) is 11.3 Å². The normalized spacial score (nSPS) is 11.7. The summed E-state index contributed by atoms with van der Waals surface area (Å²) < 4.78 is 12.3.